The van der Waals surface area contributed by atoms with Crippen LogP contribution in [0.4, 0.5) is 11.5 Å². The first-order valence-corrected chi connectivity index (χ1v) is 9.89. The molecule has 3 aromatic carbocycles. The molecule has 0 aliphatic rings. The first kappa shape index (κ1) is 20.2. The van der Waals surface area contributed by atoms with Crippen molar-refractivity contribution in [2.75, 3.05) is 12.4 Å². The van der Waals surface area contributed by atoms with Gasteiger partial charge in [0.15, 0.2) is 0 Å². The molecule has 6 nitrogen and oxygen atoms in total. The summed E-state index contributed by atoms with van der Waals surface area (Å²) in [5.74, 6) is 0.141. The predicted molar refractivity (Wildman–Crippen MR) is 122 cm³/mol. The number of anilines is 2. The first-order valence-electron chi connectivity index (χ1n) is 9.89. The number of carboxylic acids is 1. The lowest BCUT2D eigenvalue weighted by atomic mass is 10.1. The molecule has 2 N–H and O–H groups in total. The van der Waals surface area contributed by atoms with E-state index in [9.17, 15) is 9.90 Å². The molecule has 4 aromatic rings. The third-order valence-electron chi connectivity index (χ3n) is 5.18. The Hall–Kier alpha value is -4.06. The monoisotopic (exact) mass is 413 g/mol. The van der Waals surface area contributed by atoms with Crippen molar-refractivity contribution in [1.82, 2.24) is 9.78 Å². The maximum Gasteiger partial charge on any atom is 0.337 e. The van der Waals surface area contributed by atoms with Gasteiger partial charge >= 0.3 is 5.97 Å². The lowest BCUT2D eigenvalue weighted by Gasteiger charge is -2.16. The van der Waals surface area contributed by atoms with Crippen LogP contribution in [-0.4, -0.2) is 28.0 Å². The number of rotatable bonds is 6. The van der Waals surface area contributed by atoms with Crippen LogP contribution >= 0.6 is 0 Å². The molecule has 31 heavy (non-hydrogen) atoms. The molecule has 0 spiro atoms. The molecule has 1 heterocycles. The zero-order chi connectivity index (χ0) is 22.0. The van der Waals surface area contributed by atoms with Crippen molar-refractivity contribution in [2.24, 2.45) is 0 Å². The van der Waals surface area contributed by atoms with Gasteiger partial charge in [-0.3, -0.25) is 0 Å². The van der Waals surface area contributed by atoms with E-state index in [4.69, 9.17) is 9.84 Å². The second kappa shape index (κ2) is 8.36. The first-order chi connectivity index (χ1) is 15.0. The molecule has 0 amide bonds. The summed E-state index contributed by atoms with van der Waals surface area (Å²) >= 11 is 0. The van der Waals surface area contributed by atoms with Gasteiger partial charge in [-0.05, 0) is 49.2 Å². The highest BCUT2D eigenvalue weighted by atomic mass is 16.5. The summed E-state index contributed by atoms with van der Waals surface area (Å²) in [6.45, 7) is 3.97. The van der Waals surface area contributed by atoms with Gasteiger partial charge in [0, 0.05) is 5.56 Å². The molecule has 0 saturated heterocycles. The van der Waals surface area contributed by atoms with Crippen LogP contribution < -0.4 is 10.1 Å². The summed E-state index contributed by atoms with van der Waals surface area (Å²) in [7, 11) is 1.51. The van der Waals surface area contributed by atoms with Gasteiger partial charge in [-0.1, -0.05) is 48.5 Å². The number of nitrogens with zero attached hydrogens (tertiary/aromatic N) is 2. The number of nitrogens with one attached hydrogen (secondary N) is 1. The molecule has 1 aromatic heterocycles. The number of aromatic nitrogens is 2. The normalized spacial score (nSPS) is 10.7. The van der Waals surface area contributed by atoms with E-state index in [1.165, 1.54) is 13.2 Å². The molecule has 6 heteroatoms. The molecule has 0 aliphatic heterocycles. The summed E-state index contributed by atoms with van der Waals surface area (Å²) in [5.41, 5.74) is 5.29. The summed E-state index contributed by atoms with van der Waals surface area (Å²) < 4.78 is 7.04. The van der Waals surface area contributed by atoms with Crippen LogP contribution in [0.3, 0.4) is 0 Å². The van der Waals surface area contributed by atoms with E-state index >= 15 is 0 Å². The van der Waals surface area contributed by atoms with Gasteiger partial charge < -0.3 is 15.2 Å². The minimum atomic E-state index is -1.04. The summed E-state index contributed by atoms with van der Waals surface area (Å²) in [6.07, 6.45) is 0. The van der Waals surface area contributed by atoms with Crippen LogP contribution in [0.25, 0.3) is 16.8 Å². The van der Waals surface area contributed by atoms with E-state index in [0.29, 0.717) is 17.3 Å². The number of hydrogen-bond acceptors (Lipinski definition) is 4. The van der Waals surface area contributed by atoms with Crippen molar-refractivity contribution in [3.05, 3.63) is 89.6 Å². The molecule has 0 atom stereocenters. The molecular formula is C25H23N3O3. The fourth-order valence-corrected chi connectivity index (χ4v) is 3.63. The number of carbonyl (C=O) groups is 1. The Morgan fingerprint density at radius 1 is 1.00 bits per heavy atom. The lowest BCUT2D eigenvalue weighted by molar-refractivity contribution is 0.0697. The molecule has 0 radical (unpaired) electrons. The Morgan fingerprint density at radius 3 is 2.39 bits per heavy atom. The van der Waals surface area contributed by atoms with Gasteiger partial charge in [0.25, 0.3) is 0 Å². The quantitative estimate of drug-likeness (QED) is 0.430. The Morgan fingerprint density at radius 2 is 1.71 bits per heavy atom. The van der Waals surface area contributed by atoms with Crippen LogP contribution in [-0.2, 0) is 0 Å². The second-order valence-electron chi connectivity index (χ2n) is 7.21. The fourth-order valence-electron chi connectivity index (χ4n) is 3.63. The van der Waals surface area contributed by atoms with E-state index < -0.39 is 5.97 Å². The smallest absolute Gasteiger partial charge is 0.337 e. The average molecular weight is 413 g/mol. The highest BCUT2D eigenvalue weighted by molar-refractivity contribution is 5.96. The average Bonchev–Trinajstić information content (AvgIpc) is 3.10. The van der Waals surface area contributed by atoms with Crippen molar-refractivity contribution in [3.8, 4) is 22.6 Å². The number of aromatic carboxylic acids is 1. The van der Waals surface area contributed by atoms with Gasteiger partial charge in [-0.2, -0.15) is 5.10 Å². The standard InChI is InChI=1S/C25H23N3O3/c1-16-9-7-8-12-22(16)28-24(23(17(2)27-28)18-10-5-4-6-11-18)26-21-14-13-19(31-3)15-20(21)25(29)30/h4-15,26H,1-3H3,(H,29,30). The number of para-hydroxylation sites is 1. The van der Waals surface area contributed by atoms with Crippen LogP contribution in [0.5, 0.6) is 5.75 Å². The molecular weight excluding hydrogens is 390 g/mol. The van der Waals surface area contributed by atoms with E-state index in [2.05, 4.69) is 5.32 Å². The minimum Gasteiger partial charge on any atom is -0.497 e. The van der Waals surface area contributed by atoms with Crippen molar-refractivity contribution in [1.29, 1.82) is 0 Å². The molecule has 156 valence electrons. The fraction of sp³-hybridized carbons (Fsp3) is 0.120. The zero-order valence-electron chi connectivity index (χ0n) is 17.6. The Kier molecular flexibility index (Phi) is 5.45. The maximum atomic E-state index is 11.9. The van der Waals surface area contributed by atoms with Crippen LogP contribution in [0.2, 0.25) is 0 Å². The van der Waals surface area contributed by atoms with E-state index in [1.54, 1.807) is 12.1 Å². The zero-order valence-corrected chi connectivity index (χ0v) is 17.6. The topological polar surface area (TPSA) is 76.4 Å². The number of carboxylic acid groups (broad SMARTS) is 1. The number of aryl methyl sites for hydroxylation is 2. The van der Waals surface area contributed by atoms with E-state index in [0.717, 1.165) is 28.1 Å². The molecule has 0 bridgehead atoms. The number of hydrogen-bond donors (Lipinski definition) is 2. The Labute approximate surface area is 180 Å². The maximum absolute atomic E-state index is 11.9. The van der Waals surface area contributed by atoms with Gasteiger partial charge in [0.1, 0.15) is 11.6 Å². The molecule has 0 saturated carbocycles. The van der Waals surface area contributed by atoms with Crippen molar-refractivity contribution in [3.63, 3.8) is 0 Å². The van der Waals surface area contributed by atoms with Gasteiger partial charge in [-0.25, -0.2) is 9.48 Å². The SMILES string of the molecule is COc1ccc(Nc2c(-c3ccccc3)c(C)nn2-c2ccccc2C)c(C(=O)O)c1. The lowest BCUT2D eigenvalue weighted by Crippen LogP contribution is -2.08. The largest absolute Gasteiger partial charge is 0.497 e. The van der Waals surface area contributed by atoms with E-state index in [-0.39, 0.29) is 5.56 Å². The van der Waals surface area contributed by atoms with Gasteiger partial charge in [0.2, 0.25) is 0 Å². The van der Waals surface area contributed by atoms with Crippen molar-refractivity contribution in [2.45, 2.75) is 13.8 Å². The molecule has 0 aliphatic carbocycles. The van der Waals surface area contributed by atoms with Gasteiger partial charge in [0.05, 0.1) is 29.7 Å². The Bertz CT molecular complexity index is 1250. The minimum absolute atomic E-state index is 0.119. The predicted octanol–water partition coefficient (Wildman–Crippen LogP) is 5.61. The summed E-state index contributed by atoms with van der Waals surface area (Å²) in [6, 6.07) is 22.8. The van der Waals surface area contributed by atoms with Crippen LogP contribution in [0.1, 0.15) is 21.6 Å². The van der Waals surface area contributed by atoms with Crippen LogP contribution in [0, 0.1) is 13.8 Å². The second-order valence-corrected chi connectivity index (χ2v) is 7.21. The summed E-state index contributed by atoms with van der Waals surface area (Å²) in [5, 5.41) is 17.9. The highest BCUT2D eigenvalue weighted by Crippen LogP contribution is 2.37. The summed E-state index contributed by atoms with van der Waals surface area (Å²) in [4.78, 5) is 11.9. The molecule has 0 fully saturated rings. The van der Waals surface area contributed by atoms with E-state index in [1.807, 2.05) is 73.1 Å². The van der Waals surface area contributed by atoms with Crippen LogP contribution in [0.15, 0.2) is 72.8 Å². The van der Waals surface area contributed by atoms with Gasteiger partial charge in [-0.15, -0.1) is 0 Å². The van der Waals surface area contributed by atoms with Crippen molar-refractivity contribution < 1.29 is 14.6 Å². The molecule has 4 rings (SSSR count). The molecule has 0 unspecified atom stereocenters. The highest BCUT2D eigenvalue weighted by Gasteiger charge is 2.21. The number of ether oxygens (including phenoxy) is 1. The number of methoxy groups -OCH3 is 1. The number of benzene rings is 3. The third kappa shape index (κ3) is 3.88. The Balaban J connectivity index is 1.94. The van der Waals surface area contributed by atoms with Crippen molar-refractivity contribution >= 4 is 17.5 Å². The third-order valence-corrected chi connectivity index (χ3v) is 5.18.